The molecule has 0 saturated carbocycles. The second-order valence-corrected chi connectivity index (χ2v) is 4.39. The van der Waals surface area contributed by atoms with E-state index in [4.69, 9.17) is 19.3 Å². The molecule has 0 aromatic heterocycles. The van der Waals surface area contributed by atoms with E-state index in [1.165, 1.54) is 0 Å². The van der Waals surface area contributed by atoms with Gasteiger partial charge in [-0.3, -0.25) is 4.79 Å². The van der Waals surface area contributed by atoms with Crippen molar-refractivity contribution in [1.29, 1.82) is 0 Å². The van der Waals surface area contributed by atoms with Crippen LogP contribution in [0.1, 0.15) is 13.3 Å². The topological polar surface area (TPSA) is 115 Å². The molecule has 1 heterocycles. The number of hydrogen-bond acceptors (Lipinski definition) is 8. The Bertz CT molecular complexity index is 274. The minimum atomic E-state index is -1.34. The van der Waals surface area contributed by atoms with Gasteiger partial charge in [-0.1, -0.05) is 6.92 Å². The van der Waals surface area contributed by atoms with Crippen molar-refractivity contribution < 1.29 is 39.1 Å². The van der Waals surface area contributed by atoms with Gasteiger partial charge in [0.15, 0.2) is 12.4 Å². The van der Waals surface area contributed by atoms with Gasteiger partial charge in [0, 0.05) is 6.61 Å². The van der Waals surface area contributed by atoms with Gasteiger partial charge < -0.3 is 34.3 Å². The van der Waals surface area contributed by atoms with Crippen LogP contribution in [0.3, 0.4) is 0 Å². The first kappa shape index (κ1) is 17.3. The summed E-state index contributed by atoms with van der Waals surface area (Å²) in [7, 11) is 0. The molecule has 0 aromatic rings. The van der Waals surface area contributed by atoms with E-state index in [2.05, 4.69) is 4.74 Å². The maximum absolute atomic E-state index is 10.4. The van der Waals surface area contributed by atoms with Gasteiger partial charge in [-0.15, -0.1) is 0 Å². The quantitative estimate of drug-likeness (QED) is 0.344. The third-order valence-electron chi connectivity index (χ3n) is 2.89. The van der Waals surface area contributed by atoms with E-state index in [1.807, 2.05) is 6.92 Å². The summed E-state index contributed by atoms with van der Waals surface area (Å²) in [4.78, 5) is 10.4. The fourth-order valence-electron chi connectivity index (χ4n) is 1.89. The van der Waals surface area contributed by atoms with Crippen molar-refractivity contribution in [2.75, 3.05) is 26.4 Å². The number of ether oxygens (including phenoxy) is 4. The van der Waals surface area contributed by atoms with Gasteiger partial charge >= 0.3 is 0 Å². The number of aliphatic hydroxyl groups is 3. The van der Waals surface area contributed by atoms with E-state index in [0.29, 0.717) is 13.2 Å². The highest BCUT2D eigenvalue weighted by molar-refractivity contribution is 5.38. The average molecular weight is 294 g/mol. The van der Waals surface area contributed by atoms with Crippen LogP contribution in [0.5, 0.6) is 0 Å². The molecule has 0 spiro atoms. The van der Waals surface area contributed by atoms with Crippen LogP contribution in [-0.4, -0.2) is 78.9 Å². The average Bonchev–Trinajstić information content (AvgIpc) is 2.45. The SMILES string of the molecule is CCCOCCO[C@H]1O[C@H](CO)[C@@H](O)[C@H](OC=O)[C@@H]1O. The van der Waals surface area contributed by atoms with Crippen molar-refractivity contribution in [2.45, 2.75) is 44.1 Å². The molecule has 1 rings (SSSR count). The zero-order valence-corrected chi connectivity index (χ0v) is 11.4. The zero-order valence-electron chi connectivity index (χ0n) is 11.4. The largest absolute Gasteiger partial charge is 0.459 e. The molecule has 8 heteroatoms. The second-order valence-electron chi connectivity index (χ2n) is 4.39. The first-order valence-electron chi connectivity index (χ1n) is 6.56. The van der Waals surface area contributed by atoms with Gasteiger partial charge in [-0.25, -0.2) is 0 Å². The molecule has 1 fully saturated rings. The summed E-state index contributed by atoms with van der Waals surface area (Å²) in [6, 6.07) is 0. The number of hydrogen-bond donors (Lipinski definition) is 3. The molecule has 0 aromatic carbocycles. The molecular formula is C12H22O8. The predicted molar refractivity (Wildman–Crippen MR) is 65.8 cm³/mol. The first-order chi connectivity index (χ1) is 9.65. The Labute approximate surface area is 117 Å². The first-order valence-corrected chi connectivity index (χ1v) is 6.56. The van der Waals surface area contributed by atoms with Crippen molar-refractivity contribution in [3.63, 3.8) is 0 Å². The van der Waals surface area contributed by atoms with Crippen LogP contribution in [0, 0.1) is 0 Å². The summed E-state index contributed by atoms with van der Waals surface area (Å²) < 4.78 is 20.3. The smallest absolute Gasteiger partial charge is 0.293 e. The van der Waals surface area contributed by atoms with Gasteiger partial charge in [0.05, 0.1) is 19.8 Å². The Kier molecular flexibility index (Phi) is 7.97. The molecular weight excluding hydrogens is 272 g/mol. The minimum absolute atomic E-state index is 0.123. The lowest BCUT2D eigenvalue weighted by atomic mass is 9.99. The monoisotopic (exact) mass is 294 g/mol. The summed E-state index contributed by atoms with van der Waals surface area (Å²) in [5.41, 5.74) is 0. The van der Waals surface area contributed by atoms with Gasteiger partial charge in [0.1, 0.15) is 18.3 Å². The van der Waals surface area contributed by atoms with Crippen LogP contribution in [0.25, 0.3) is 0 Å². The maximum Gasteiger partial charge on any atom is 0.293 e. The van der Waals surface area contributed by atoms with Crippen LogP contribution in [-0.2, 0) is 23.7 Å². The maximum atomic E-state index is 10.4. The molecule has 0 unspecified atom stereocenters. The third kappa shape index (κ3) is 4.65. The fourth-order valence-corrected chi connectivity index (χ4v) is 1.89. The molecule has 0 aliphatic carbocycles. The molecule has 0 bridgehead atoms. The molecule has 20 heavy (non-hydrogen) atoms. The lowest BCUT2D eigenvalue weighted by Gasteiger charge is -2.40. The fraction of sp³-hybridized carbons (Fsp3) is 0.917. The van der Waals surface area contributed by atoms with Crippen molar-refractivity contribution in [3.8, 4) is 0 Å². The molecule has 8 nitrogen and oxygen atoms in total. The zero-order chi connectivity index (χ0) is 15.0. The van der Waals surface area contributed by atoms with E-state index in [9.17, 15) is 15.0 Å². The van der Waals surface area contributed by atoms with E-state index >= 15 is 0 Å². The molecule has 3 N–H and O–H groups in total. The van der Waals surface area contributed by atoms with Gasteiger partial charge in [-0.2, -0.15) is 0 Å². The van der Waals surface area contributed by atoms with Crippen molar-refractivity contribution in [3.05, 3.63) is 0 Å². The summed E-state index contributed by atoms with van der Waals surface area (Å²) in [5, 5.41) is 28.8. The molecule has 5 atom stereocenters. The summed E-state index contributed by atoms with van der Waals surface area (Å²) in [5.74, 6) is 0. The number of rotatable bonds is 9. The Morgan fingerprint density at radius 3 is 2.55 bits per heavy atom. The molecule has 0 amide bonds. The van der Waals surface area contributed by atoms with Crippen LogP contribution in [0.2, 0.25) is 0 Å². The van der Waals surface area contributed by atoms with E-state index in [-0.39, 0.29) is 13.1 Å². The van der Waals surface area contributed by atoms with Crippen molar-refractivity contribution in [2.24, 2.45) is 0 Å². The molecule has 0 radical (unpaired) electrons. The van der Waals surface area contributed by atoms with Crippen LogP contribution in [0.15, 0.2) is 0 Å². The van der Waals surface area contributed by atoms with Gasteiger partial charge in [0.25, 0.3) is 6.47 Å². The van der Waals surface area contributed by atoms with Crippen molar-refractivity contribution >= 4 is 6.47 Å². The summed E-state index contributed by atoms with van der Waals surface area (Å²) in [6.07, 6.45) is -5.09. The number of carbonyl (C=O) groups is 1. The normalized spacial score (nSPS) is 33.9. The molecule has 1 saturated heterocycles. The third-order valence-corrected chi connectivity index (χ3v) is 2.89. The van der Waals surface area contributed by atoms with E-state index in [0.717, 1.165) is 6.42 Å². The minimum Gasteiger partial charge on any atom is -0.459 e. The number of carbonyl (C=O) groups excluding carboxylic acids is 1. The standard InChI is InChI=1S/C12H22O8/c1-2-3-17-4-5-18-12-10(16)11(19-7-14)9(15)8(6-13)20-12/h7-13,15-16H,2-6H2,1H3/t8-,9-,10+,11+,12+/m1/s1. The highest BCUT2D eigenvalue weighted by Crippen LogP contribution is 2.23. The Morgan fingerprint density at radius 2 is 1.95 bits per heavy atom. The Balaban J connectivity index is 2.49. The predicted octanol–water partition coefficient (Wildman–Crippen LogP) is -1.59. The molecule has 1 aliphatic rings. The highest BCUT2D eigenvalue weighted by atomic mass is 16.7. The Hall–Kier alpha value is -0.770. The van der Waals surface area contributed by atoms with Crippen LogP contribution >= 0.6 is 0 Å². The number of aliphatic hydroxyl groups excluding tert-OH is 3. The van der Waals surface area contributed by atoms with Crippen molar-refractivity contribution in [1.82, 2.24) is 0 Å². The lowest BCUT2D eigenvalue weighted by Crippen LogP contribution is -2.60. The summed E-state index contributed by atoms with van der Waals surface area (Å²) in [6.45, 7) is 2.71. The van der Waals surface area contributed by atoms with E-state index in [1.54, 1.807) is 0 Å². The van der Waals surface area contributed by atoms with Crippen LogP contribution in [0.4, 0.5) is 0 Å². The van der Waals surface area contributed by atoms with E-state index < -0.39 is 37.3 Å². The van der Waals surface area contributed by atoms with Crippen LogP contribution < -0.4 is 0 Å². The Morgan fingerprint density at radius 1 is 1.20 bits per heavy atom. The lowest BCUT2D eigenvalue weighted by molar-refractivity contribution is -0.303. The summed E-state index contributed by atoms with van der Waals surface area (Å²) >= 11 is 0. The van der Waals surface area contributed by atoms with Gasteiger partial charge in [-0.05, 0) is 6.42 Å². The highest BCUT2D eigenvalue weighted by Gasteiger charge is 2.46. The molecule has 118 valence electrons. The molecule has 1 aliphatic heterocycles. The second kappa shape index (κ2) is 9.22. The van der Waals surface area contributed by atoms with Gasteiger partial charge in [0.2, 0.25) is 0 Å².